The Kier molecular flexibility index (Phi) is 9.37. The molecule has 1 aromatic heterocycles. The maximum Gasteiger partial charge on any atom is 0.310 e. The van der Waals surface area contributed by atoms with Crippen LogP contribution in [0, 0.1) is 0 Å². The molecule has 5 nitrogen and oxygen atoms in total. The molecule has 3 aromatic rings. The first-order valence-electron chi connectivity index (χ1n) is 10.6. The lowest BCUT2D eigenvalue weighted by Crippen LogP contribution is -3.00. The van der Waals surface area contributed by atoms with Gasteiger partial charge in [0.15, 0.2) is 0 Å². The van der Waals surface area contributed by atoms with Gasteiger partial charge in [0.2, 0.25) is 0 Å². The Morgan fingerprint density at radius 1 is 0.968 bits per heavy atom. The van der Waals surface area contributed by atoms with E-state index in [0.29, 0.717) is 13.0 Å². The van der Waals surface area contributed by atoms with Crippen LogP contribution in [0.5, 0.6) is 5.75 Å². The quantitative estimate of drug-likeness (QED) is 0.172. The van der Waals surface area contributed by atoms with Crippen molar-refractivity contribution in [1.82, 2.24) is 9.05 Å². The second kappa shape index (κ2) is 11.5. The number of aromatic nitrogens is 1. The molecule has 0 aliphatic heterocycles. The topological polar surface area (TPSA) is 40.5 Å². The van der Waals surface area contributed by atoms with Crippen molar-refractivity contribution >= 4 is 22.6 Å². The van der Waals surface area contributed by atoms with E-state index >= 15 is 0 Å². The van der Waals surface area contributed by atoms with Crippen LogP contribution < -0.4 is 33.2 Å². The number of quaternary nitrogens is 1. The van der Waals surface area contributed by atoms with Crippen molar-refractivity contribution < 1.29 is 38.2 Å². The number of unbranched alkanes of at least 4 members (excludes halogenated alkanes) is 2. The van der Waals surface area contributed by atoms with E-state index < -0.39 is 0 Å². The molecule has 0 N–H and O–H groups in total. The zero-order chi connectivity index (χ0) is 21.6. The van der Waals surface area contributed by atoms with Gasteiger partial charge in [-0.05, 0) is 61.2 Å². The van der Waals surface area contributed by atoms with Gasteiger partial charge in [-0.15, -0.1) is 0 Å². The Bertz CT molecular complexity index is 975. The SMILES string of the molecule is COc1ccc2c(ccn2CCCCCOC(=O)Cc2ccc([N+](C)(C)C)cc2)c1.[I-]. The zero-order valence-electron chi connectivity index (χ0n) is 18.9. The number of carbonyl (C=O) groups is 1. The van der Waals surface area contributed by atoms with Crippen molar-refractivity contribution in [2.75, 3.05) is 34.9 Å². The minimum Gasteiger partial charge on any atom is -1.00 e. The molecular formula is C25H33IN2O3. The van der Waals surface area contributed by atoms with E-state index in [4.69, 9.17) is 9.47 Å². The summed E-state index contributed by atoms with van der Waals surface area (Å²) in [4.78, 5) is 12.1. The van der Waals surface area contributed by atoms with Crippen LogP contribution in [0.1, 0.15) is 24.8 Å². The molecule has 0 fully saturated rings. The summed E-state index contributed by atoms with van der Waals surface area (Å²) in [5.41, 5.74) is 3.42. The normalized spacial score (nSPS) is 11.2. The molecule has 0 amide bonds. The Balaban J connectivity index is 0.00000341. The number of esters is 1. The van der Waals surface area contributed by atoms with Crippen LogP contribution in [0.15, 0.2) is 54.7 Å². The number of methoxy groups -OCH3 is 1. The zero-order valence-corrected chi connectivity index (χ0v) is 21.1. The van der Waals surface area contributed by atoms with Crippen molar-refractivity contribution in [3.63, 3.8) is 0 Å². The molecular weight excluding hydrogens is 503 g/mol. The first kappa shape index (κ1) is 25.2. The largest absolute Gasteiger partial charge is 1.00 e. The van der Waals surface area contributed by atoms with Gasteiger partial charge in [0.1, 0.15) is 11.4 Å². The van der Waals surface area contributed by atoms with Gasteiger partial charge in [-0.3, -0.25) is 9.28 Å². The number of rotatable bonds is 10. The van der Waals surface area contributed by atoms with Gasteiger partial charge in [0.25, 0.3) is 0 Å². The van der Waals surface area contributed by atoms with Crippen molar-refractivity contribution in [3.05, 3.63) is 60.3 Å². The summed E-state index contributed by atoms with van der Waals surface area (Å²) in [5.74, 6) is 0.727. The van der Waals surface area contributed by atoms with E-state index in [2.05, 4.69) is 62.2 Å². The molecule has 0 saturated heterocycles. The van der Waals surface area contributed by atoms with Crippen LogP contribution >= 0.6 is 0 Å². The molecule has 0 aliphatic carbocycles. The van der Waals surface area contributed by atoms with Gasteiger partial charge in [-0.2, -0.15) is 0 Å². The Morgan fingerprint density at radius 3 is 2.39 bits per heavy atom. The van der Waals surface area contributed by atoms with Crippen molar-refractivity contribution in [2.24, 2.45) is 0 Å². The van der Waals surface area contributed by atoms with E-state index in [1.807, 2.05) is 18.2 Å². The molecule has 1 heterocycles. The summed E-state index contributed by atoms with van der Waals surface area (Å²) in [6, 6.07) is 16.4. The average Bonchev–Trinajstić information content (AvgIpc) is 3.12. The molecule has 0 saturated carbocycles. The fourth-order valence-corrected chi connectivity index (χ4v) is 3.53. The number of hydrogen-bond donors (Lipinski definition) is 0. The third-order valence-electron chi connectivity index (χ3n) is 5.34. The third-order valence-corrected chi connectivity index (χ3v) is 5.34. The highest BCUT2D eigenvalue weighted by Crippen LogP contribution is 2.22. The number of nitrogens with zero attached hydrogens (tertiary/aromatic N) is 2. The van der Waals surface area contributed by atoms with Crippen LogP contribution in [0.4, 0.5) is 5.69 Å². The first-order chi connectivity index (χ1) is 14.4. The van der Waals surface area contributed by atoms with Gasteiger partial charge < -0.3 is 38.0 Å². The molecule has 0 aliphatic rings. The minimum atomic E-state index is -0.154. The summed E-state index contributed by atoms with van der Waals surface area (Å²) in [6.07, 6.45) is 5.42. The molecule has 0 unspecified atom stereocenters. The molecule has 0 radical (unpaired) electrons. The van der Waals surface area contributed by atoms with E-state index in [1.54, 1.807) is 7.11 Å². The molecule has 3 rings (SSSR count). The maximum absolute atomic E-state index is 12.1. The maximum atomic E-state index is 12.1. The number of carbonyl (C=O) groups excluding carboxylic acids is 1. The van der Waals surface area contributed by atoms with E-state index in [1.165, 1.54) is 16.6 Å². The summed E-state index contributed by atoms with van der Waals surface area (Å²) in [7, 11) is 8.06. The van der Waals surface area contributed by atoms with Crippen molar-refractivity contribution in [2.45, 2.75) is 32.2 Å². The summed E-state index contributed by atoms with van der Waals surface area (Å²) < 4.78 is 13.7. The Morgan fingerprint density at radius 2 is 1.71 bits per heavy atom. The van der Waals surface area contributed by atoms with E-state index in [9.17, 15) is 4.79 Å². The van der Waals surface area contributed by atoms with Crippen LogP contribution in [0.2, 0.25) is 0 Å². The molecule has 0 atom stereocenters. The summed E-state index contributed by atoms with van der Waals surface area (Å²) >= 11 is 0. The lowest BCUT2D eigenvalue weighted by molar-refractivity contribution is -0.142. The highest BCUT2D eigenvalue weighted by molar-refractivity contribution is 5.81. The van der Waals surface area contributed by atoms with Gasteiger partial charge in [0, 0.05) is 23.6 Å². The first-order valence-corrected chi connectivity index (χ1v) is 10.6. The van der Waals surface area contributed by atoms with Crippen molar-refractivity contribution in [1.29, 1.82) is 0 Å². The molecule has 0 bridgehead atoms. The lowest BCUT2D eigenvalue weighted by atomic mass is 10.1. The fraction of sp³-hybridized carbons (Fsp3) is 0.400. The van der Waals surface area contributed by atoms with Crippen LogP contribution in [0.3, 0.4) is 0 Å². The smallest absolute Gasteiger partial charge is 0.310 e. The van der Waals surface area contributed by atoms with Crippen molar-refractivity contribution in [3.8, 4) is 5.75 Å². The number of hydrogen-bond acceptors (Lipinski definition) is 3. The molecule has 168 valence electrons. The van der Waals surface area contributed by atoms with Crippen LogP contribution in [0.25, 0.3) is 10.9 Å². The standard InChI is InChI=1S/C25H33N2O3.HI/c1-27(2,3)22-10-8-20(9-11-22)18-25(28)30-17-7-5-6-15-26-16-14-21-19-23(29-4)12-13-24(21)26;/h8-14,16,19H,5-7,15,17-18H2,1-4H3;1H/q+1;/p-1. The Labute approximate surface area is 202 Å². The summed E-state index contributed by atoms with van der Waals surface area (Å²) in [5, 5.41) is 1.19. The number of fused-ring (bicyclic) bond motifs is 1. The van der Waals surface area contributed by atoms with Crippen LogP contribution in [-0.2, 0) is 22.5 Å². The Hall–Kier alpha value is -2.06. The molecule has 31 heavy (non-hydrogen) atoms. The monoisotopic (exact) mass is 536 g/mol. The second-order valence-corrected chi connectivity index (χ2v) is 8.57. The number of ether oxygens (including phenoxy) is 2. The predicted octanol–water partition coefficient (Wildman–Crippen LogP) is 1.81. The van der Waals surface area contributed by atoms with Gasteiger partial charge >= 0.3 is 5.97 Å². The second-order valence-electron chi connectivity index (χ2n) is 8.57. The highest BCUT2D eigenvalue weighted by atomic mass is 127. The fourth-order valence-electron chi connectivity index (χ4n) is 3.53. The van der Waals surface area contributed by atoms with Crippen LogP contribution in [-0.4, -0.2) is 45.4 Å². The molecule has 0 spiro atoms. The lowest BCUT2D eigenvalue weighted by Gasteiger charge is -2.23. The predicted molar refractivity (Wildman–Crippen MR) is 123 cm³/mol. The van der Waals surface area contributed by atoms with E-state index in [0.717, 1.165) is 41.6 Å². The van der Waals surface area contributed by atoms with E-state index in [-0.39, 0.29) is 29.9 Å². The minimum absolute atomic E-state index is 0. The van der Waals surface area contributed by atoms with Gasteiger partial charge in [-0.25, -0.2) is 0 Å². The summed E-state index contributed by atoms with van der Waals surface area (Å²) in [6.45, 7) is 1.45. The number of halogens is 1. The van der Waals surface area contributed by atoms with Gasteiger partial charge in [0.05, 0.1) is 41.3 Å². The molecule has 2 aromatic carbocycles. The highest BCUT2D eigenvalue weighted by Gasteiger charge is 2.12. The van der Waals surface area contributed by atoms with Gasteiger partial charge in [-0.1, -0.05) is 12.1 Å². The number of benzene rings is 2. The molecule has 6 heteroatoms. The number of aryl methyl sites for hydroxylation is 1. The third kappa shape index (κ3) is 7.25. The average molecular weight is 536 g/mol.